The Morgan fingerprint density at radius 2 is 2.47 bits per heavy atom. The summed E-state index contributed by atoms with van der Waals surface area (Å²) in [5.41, 5.74) is 1.31. The zero-order valence-electron chi connectivity index (χ0n) is 9.61. The Morgan fingerprint density at radius 3 is 3.12 bits per heavy atom. The molecule has 6 nitrogen and oxygen atoms in total. The van der Waals surface area contributed by atoms with Gasteiger partial charge in [0.1, 0.15) is 17.1 Å². The van der Waals surface area contributed by atoms with Crippen LogP contribution in [0.3, 0.4) is 0 Å². The summed E-state index contributed by atoms with van der Waals surface area (Å²) < 4.78 is 10.1. The molecule has 0 amide bonds. The van der Waals surface area contributed by atoms with Crippen LogP contribution in [0.2, 0.25) is 0 Å². The zero-order chi connectivity index (χ0) is 12.3. The Hall–Kier alpha value is -2.24. The summed E-state index contributed by atoms with van der Waals surface area (Å²) in [4.78, 5) is 11.4. The lowest BCUT2D eigenvalue weighted by atomic mass is 10.2. The molecule has 0 radical (unpaired) electrons. The van der Waals surface area contributed by atoms with Crippen molar-refractivity contribution in [3.63, 3.8) is 0 Å². The lowest BCUT2D eigenvalue weighted by Gasteiger charge is -1.98. The van der Waals surface area contributed by atoms with Gasteiger partial charge in [0.25, 0.3) is 0 Å². The van der Waals surface area contributed by atoms with Crippen LogP contribution >= 0.6 is 0 Å². The summed E-state index contributed by atoms with van der Waals surface area (Å²) in [7, 11) is 1.35. The number of aromatic amines is 1. The highest BCUT2D eigenvalue weighted by Gasteiger charge is 2.14. The van der Waals surface area contributed by atoms with Gasteiger partial charge in [-0.2, -0.15) is 5.10 Å². The molecule has 2 heterocycles. The Labute approximate surface area is 98.0 Å². The van der Waals surface area contributed by atoms with Crippen LogP contribution in [0, 0.1) is 6.92 Å². The van der Waals surface area contributed by atoms with Gasteiger partial charge in [0.2, 0.25) is 0 Å². The number of esters is 1. The summed E-state index contributed by atoms with van der Waals surface area (Å²) in [6.45, 7) is 2.21. The smallest absolute Gasteiger partial charge is 0.341 e. The third-order valence-corrected chi connectivity index (χ3v) is 2.34. The van der Waals surface area contributed by atoms with Crippen LogP contribution in [-0.2, 0) is 11.3 Å². The molecule has 0 aliphatic carbocycles. The first-order valence-electron chi connectivity index (χ1n) is 5.11. The average Bonchev–Trinajstić information content (AvgIpc) is 2.94. The van der Waals surface area contributed by atoms with Gasteiger partial charge in [-0.15, -0.1) is 0 Å². The van der Waals surface area contributed by atoms with E-state index in [1.54, 1.807) is 25.4 Å². The maximum atomic E-state index is 11.4. The SMILES string of the molecule is COC(=O)c1cc(CNc2cn[nH]c2)oc1C. The number of H-pyrrole nitrogens is 1. The lowest BCUT2D eigenvalue weighted by molar-refractivity contribution is 0.0599. The molecule has 6 heteroatoms. The van der Waals surface area contributed by atoms with Gasteiger partial charge in [0.15, 0.2) is 0 Å². The van der Waals surface area contributed by atoms with Crippen molar-refractivity contribution in [3.8, 4) is 0 Å². The molecule has 17 heavy (non-hydrogen) atoms. The monoisotopic (exact) mass is 235 g/mol. The average molecular weight is 235 g/mol. The van der Waals surface area contributed by atoms with E-state index in [1.807, 2.05) is 0 Å². The van der Waals surface area contributed by atoms with Crippen LogP contribution in [0.1, 0.15) is 21.9 Å². The van der Waals surface area contributed by atoms with Gasteiger partial charge in [0, 0.05) is 6.20 Å². The molecule has 2 rings (SSSR count). The quantitative estimate of drug-likeness (QED) is 0.788. The number of carbonyl (C=O) groups excluding carboxylic acids is 1. The van der Waals surface area contributed by atoms with Crippen LogP contribution < -0.4 is 5.32 Å². The first-order valence-corrected chi connectivity index (χ1v) is 5.11. The summed E-state index contributed by atoms with van der Waals surface area (Å²) in [5.74, 6) is 0.839. The summed E-state index contributed by atoms with van der Waals surface area (Å²) >= 11 is 0. The molecule has 2 aromatic rings. The number of methoxy groups -OCH3 is 1. The Morgan fingerprint density at radius 1 is 1.65 bits per heavy atom. The molecule has 90 valence electrons. The van der Waals surface area contributed by atoms with E-state index in [0.29, 0.717) is 23.6 Å². The molecule has 0 spiro atoms. The number of nitrogens with one attached hydrogen (secondary N) is 2. The van der Waals surface area contributed by atoms with Gasteiger partial charge in [-0.1, -0.05) is 0 Å². The highest BCUT2D eigenvalue weighted by molar-refractivity contribution is 5.90. The van der Waals surface area contributed by atoms with Crippen LogP contribution in [0.5, 0.6) is 0 Å². The third-order valence-electron chi connectivity index (χ3n) is 2.34. The van der Waals surface area contributed by atoms with Crippen LogP contribution in [0.25, 0.3) is 0 Å². The number of anilines is 1. The first-order chi connectivity index (χ1) is 8.20. The van der Waals surface area contributed by atoms with E-state index in [1.165, 1.54) is 7.11 Å². The second kappa shape index (κ2) is 4.73. The molecule has 0 fully saturated rings. The van der Waals surface area contributed by atoms with Gasteiger partial charge >= 0.3 is 5.97 Å². The number of ether oxygens (including phenoxy) is 1. The maximum Gasteiger partial charge on any atom is 0.341 e. The minimum Gasteiger partial charge on any atom is -0.465 e. The van der Waals surface area contributed by atoms with Crippen molar-refractivity contribution in [1.29, 1.82) is 0 Å². The van der Waals surface area contributed by atoms with Crippen LogP contribution in [-0.4, -0.2) is 23.3 Å². The Kier molecular flexibility index (Phi) is 3.13. The number of carbonyl (C=O) groups is 1. The molecule has 0 atom stereocenters. The van der Waals surface area contributed by atoms with Crippen molar-refractivity contribution in [3.05, 3.63) is 35.5 Å². The standard InChI is InChI=1S/C11H13N3O3/c1-7-10(11(15)16-2)3-9(17-7)6-12-8-4-13-14-5-8/h3-5,12H,6H2,1-2H3,(H,13,14). The number of hydrogen-bond donors (Lipinski definition) is 2. The van der Waals surface area contributed by atoms with E-state index in [2.05, 4.69) is 20.3 Å². The number of furan rings is 1. The van der Waals surface area contributed by atoms with Crippen molar-refractivity contribution in [2.75, 3.05) is 12.4 Å². The number of hydrogen-bond acceptors (Lipinski definition) is 5. The topological polar surface area (TPSA) is 80.1 Å². The maximum absolute atomic E-state index is 11.4. The molecule has 0 aromatic carbocycles. The predicted molar refractivity (Wildman–Crippen MR) is 60.7 cm³/mol. The molecular formula is C11H13N3O3. The summed E-state index contributed by atoms with van der Waals surface area (Å²) in [6.07, 6.45) is 3.40. The number of nitrogens with zero attached hydrogens (tertiary/aromatic N) is 1. The number of aromatic nitrogens is 2. The number of rotatable bonds is 4. The van der Waals surface area contributed by atoms with Crippen molar-refractivity contribution in [2.45, 2.75) is 13.5 Å². The van der Waals surface area contributed by atoms with Crippen LogP contribution in [0.4, 0.5) is 5.69 Å². The molecule has 0 bridgehead atoms. The third kappa shape index (κ3) is 2.47. The minimum atomic E-state index is -0.388. The molecular weight excluding hydrogens is 222 g/mol. The van der Waals surface area contributed by atoms with Crippen molar-refractivity contribution < 1.29 is 13.9 Å². The van der Waals surface area contributed by atoms with E-state index in [9.17, 15) is 4.79 Å². The summed E-state index contributed by atoms with van der Waals surface area (Å²) in [5, 5.41) is 9.60. The zero-order valence-corrected chi connectivity index (χ0v) is 9.61. The largest absolute Gasteiger partial charge is 0.465 e. The molecule has 0 aliphatic heterocycles. The summed E-state index contributed by atoms with van der Waals surface area (Å²) in [6, 6.07) is 1.67. The van der Waals surface area contributed by atoms with Crippen LogP contribution in [0.15, 0.2) is 22.9 Å². The van der Waals surface area contributed by atoms with E-state index < -0.39 is 0 Å². The second-order valence-electron chi connectivity index (χ2n) is 3.51. The fraction of sp³-hybridized carbons (Fsp3) is 0.273. The molecule has 2 aromatic heterocycles. The molecule has 0 unspecified atom stereocenters. The molecule has 0 aliphatic rings. The van der Waals surface area contributed by atoms with Gasteiger partial charge in [-0.25, -0.2) is 4.79 Å². The Bertz CT molecular complexity index is 502. The molecule has 0 saturated heterocycles. The van der Waals surface area contributed by atoms with E-state index in [-0.39, 0.29) is 5.97 Å². The highest BCUT2D eigenvalue weighted by atomic mass is 16.5. The van der Waals surface area contributed by atoms with Gasteiger partial charge in [-0.3, -0.25) is 5.10 Å². The van der Waals surface area contributed by atoms with E-state index in [0.717, 1.165) is 5.69 Å². The van der Waals surface area contributed by atoms with Gasteiger partial charge < -0.3 is 14.5 Å². The van der Waals surface area contributed by atoms with Crippen molar-refractivity contribution in [2.24, 2.45) is 0 Å². The Balaban J connectivity index is 2.05. The molecule has 2 N–H and O–H groups in total. The van der Waals surface area contributed by atoms with Gasteiger partial charge in [0.05, 0.1) is 25.5 Å². The lowest BCUT2D eigenvalue weighted by Crippen LogP contribution is -2.01. The van der Waals surface area contributed by atoms with E-state index >= 15 is 0 Å². The van der Waals surface area contributed by atoms with Gasteiger partial charge in [-0.05, 0) is 13.0 Å². The predicted octanol–water partition coefficient (Wildman–Crippen LogP) is 1.71. The van der Waals surface area contributed by atoms with Crippen molar-refractivity contribution in [1.82, 2.24) is 10.2 Å². The van der Waals surface area contributed by atoms with Crippen molar-refractivity contribution >= 4 is 11.7 Å². The highest BCUT2D eigenvalue weighted by Crippen LogP contribution is 2.16. The minimum absolute atomic E-state index is 0.388. The van der Waals surface area contributed by atoms with E-state index in [4.69, 9.17) is 4.42 Å². The fourth-order valence-corrected chi connectivity index (χ4v) is 1.48. The molecule has 0 saturated carbocycles. The normalized spacial score (nSPS) is 10.2. The second-order valence-corrected chi connectivity index (χ2v) is 3.51. The fourth-order valence-electron chi connectivity index (χ4n) is 1.48. The first kappa shape index (κ1) is 11.3. The number of aryl methyl sites for hydroxylation is 1.